The fraction of sp³-hybridized carbons (Fsp3) is 0.417. The number of sulfonamides is 1. The van der Waals surface area contributed by atoms with E-state index in [9.17, 15) is 13.2 Å². The summed E-state index contributed by atoms with van der Waals surface area (Å²) in [4.78, 5) is 13.4. The Balaban J connectivity index is 2.39. The first-order chi connectivity index (χ1) is 8.70. The van der Waals surface area contributed by atoms with Gasteiger partial charge >= 0.3 is 0 Å². The molecule has 1 amide bonds. The Bertz CT molecular complexity index is 643. The lowest BCUT2D eigenvalue weighted by atomic mass is 10.1. The molecule has 1 aromatic rings. The van der Waals surface area contributed by atoms with Gasteiger partial charge in [-0.3, -0.25) is 4.79 Å². The summed E-state index contributed by atoms with van der Waals surface area (Å²) in [7, 11) is -3.70. The largest absolute Gasteiger partial charge is 0.311 e. The predicted octanol–water partition coefficient (Wildman–Crippen LogP) is 1.35. The van der Waals surface area contributed by atoms with Crippen molar-refractivity contribution in [3.8, 4) is 0 Å². The molecule has 1 saturated heterocycles. The van der Waals surface area contributed by atoms with Gasteiger partial charge in [0.2, 0.25) is 15.9 Å². The van der Waals surface area contributed by atoms with Crippen LogP contribution in [0.25, 0.3) is 0 Å². The number of rotatable bonds is 2. The normalized spacial score (nSPS) is 20.1. The maximum atomic E-state index is 12.0. The molecule has 1 fully saturated rings. The highest BCUT2D eigenvalue weighted by molar-refractivity contribution is 7.89. The van der Waals surface area contributed by atoms with E-state index in [0.717, 1.165) is 11.1 Å². The lowest BCUT2D eigenvalue weighted by molar-refractivity contribution is -0.117. The minimum atomic E-state index is -3.70. The second-order valence-electron chi connectivity index (χ2n) is 4.81. The summed E-state index contributed by atoms with van der Waals surface area (Å²) >= 11 is 6.01. The van der Waals surface area contributed by atoms with Crippen LogP contribution >= 0.6 is 11.6 Å². The van der Waals surface area contributed by atoms with E-state index in [-0.39, 0.29) is 18.9 Å². The standard InChI is InChI=1S/C12H15ClN2O3S/c1-7-4-11(8(2)3-10(7)13)15-6-9(5-12(15)16)19(14,17)18/h3-4,9H,5-6H2,1-2H3,(H2,14,17,18). The van der Waals surface area contributed by atoms with E-state index in [1.807, 2.05) is 13.8 Å². The van der Waals surface area contributed by atoms with Crippen LogP contribution in [-0.2, 0) is 14.8 Å². The molecular weight excluding hydrogens is 288 g/mol. The van der Waals surface area contributed by atoms with Crippen molar-refractivity contribution in [2.75, 3.05) is 11.4 Å². The zero-order chi connectivity index (χ0) is 14.4. The molecule has 104 valence electrons. The van der Waals surface area contributed by atoms with Gasteiger partial charge in [-0.1, -0.05) is 11.6 Å². The minimum Gasteiger partial charge on any atom is -0.311 e. The maximum Gasteiger partial charge on any atom is 0.228 e. The van der Waals surface area contributed by atoms with Crippen LogP contribution in [0.15, 0.2) is 12.1 Å². The van der Waals surface area contributed by atoms with Gasteiger partial charge in [-0.05, 0) is 37.1 Å². The van der Waals surface area contributed by atoms with Crippen LogP contribution in [0.4, 0.5) is 5.69 Å². The van der Waals surface area contributed by atoms with Crippen molar-refractivity contribution in [2.24, 2.45) is 5.14 Å². The summed E-state index contributed by atoms with van der Waals surface area (Å²) in [6, 6.07) is 3.56. The van der Waals surface area contributed by atoms with Gasteiger partial charge in [-0.2, -0.15) is 0 Å². The molecular formula is C12H15ClN2O3S. The van der Waals surface area contributed by atoms with Crippen molar-refractivity contribution in [1.29, 1.82) is 0 Å². The lowest BCUT2D eigenvalue weighted by Gasteiger charge is -2.20. The predicted molar refractivity (Wildman–Crippen MR) is 74.8 cm³/mol. The smallest absolute Gasteiger partial charge is 0.228 e. The monoisotopic (exact) mass is 302 g/mol. The number of nitrogens with two attached hydrogens (primary N) is 1. The Kier molecular flexibility index (Phi) is 3.59. The van der Waals surface area contributed by atoms with Gasteiger partial charge in [0, 0.05) is 23.7 Å². The molecule has 1 aliphatic heterocycles. The summed E-state index contributed by atoms with van der Waals surface area (Å²) < 4.78 is 22.7. The minimum absolute atomic E-state index is 0.0695. The van der Waals surface area contributed by atoms with Crippen LogP contribution in [0.2, 0.25) is 5.02 Å². The van der Waals surface area contributed by atoms with Gasteiger partial charge in [0.05, 0.1) is 0 Å². The first-order valence-electron chi connectivity index (χ1n) is 5.79. The van der Waals surface area contributed by atoms with Gasteiger partial charge in [-0.15, -0.1) is 0 Å². The molecule has 5 nitrogen and oxygen atoms in total. The van der Waals surface area contributed by atoms with Crippen molar-refractivity contribution in [1.82, 2.24) is 0 Å². The number of halogens is 1. The van der Waals surface area contributed by atoms with Gasteiger partial charge < -0.3 is 4.90 Å². The number of carbonyl (C=O) groups excluding carboxylic acids is 1. The quantitative estimate of drug-likeness (QED) is 0.895. The Morgan fingerprint density at radius 1 is 1.32 bits per heavy atom. The van der Waals surface area contributed by atoms with Gasteiger partial charge in [0.15, 0.2) is 0 Å². The molecule has 1 heterocycles. The summed E-state index contributed by atoms with van der Waals surface area (Å²) in [6.07, 6.45) is -0.0695. The van der Waals surface area contributed by atoms with Crippen molar-refractivity contribution in [2.45, 2.75) is 25.5 Å². The van der Waals surface area contributed by atoms with Crippen molar-refractivity contribution in [3.63, 3.8) is 0 Å². The molecule has 1 unspecified atom stereocenters. The van der Waals surface area contributed by atoms with Gasteiger partial charge in [0.25, 0.3) is 0 Å². The number of anilines is 1. The third kappa shape index (κ3) is 2.75. The number of benzene rings is 1. The van der Waals surface area contributed by atoms with E-state index in [1.54, 1.807) is 12.1 Å². The van der Waals surface area contributed by atoms with E-state index >= 15 is 0 Å². The topological polar surface area (TPSA) is 80.5 Å². The van der Waals surface area contributed by atoms with Crippen LogP contribution in [0.5, 0.6) is 0 Å². The van der Waals surface area contributed by atoms with E-state index in [2.05, 4.69) is 0 Å². The fourth-order valence-electron chi connectivity index (χ4n) is 2.18. The average molecular weight is 303 g/mol. The first-order valence-corrected chi connectivity index (χ1v) is 7.77. The summed E-state index contributed by atoms with van der Waals surface area (Å²) in [5.74, 6) is -0.233. The molecule has 0 bridgehead atoms. The highest BCUT2D eigenvalue weighted by Gasteiger charge is 2.37. The zero-order valence-corrected chi connectivity index (χ0v) is 12.3. The number of hydrogen-bond acceptors (Lipinski definition) is 3. The second kappa shape index (κ2) is 4.77. The van der Waals surface area contributed by atoms with Crippen molar-refractivity contribution >= 4 is 33.2 Å². The number of aryl methyl sites for hydroxylation is 2. The molecule has 2 N–H and O–H groups in total. The van der Waals surface area contributed by atoms with Crippen LogP contribution in [-0.4, -0.2) is 26.1 Å². The Morgan fingerprint density at radius 2 is 1.95 bits per heavy atom. The van der Waals surface area contributed by atoms with E-state index in [1.165, 1.54) is 4.90 Å². The summed E-state index contributed by atoms with van der Waals surface area (Å²) in [5, 5.41) is 4.89. The fourth-order valence-corrected chi connectivity index (χ4v) is 3.13. The van der Waals surface area contributed by atoms with Crippen LogP contribution in [0.1, 0.15) is 17.5 Å². The van der Waals surface area contributed by atoms with Crippen molar-refractivity contribution in [3.05, 3.63) is 28.3 Å². The van der Waals surface area contributed by atoms with Gasteiger partial charge in [-0.25, -0.2) is 13.6 Å². The van der Waals surface area contributed by atoms with Crippen LogP contribution in [0.3, 0.4) is 0 Å². The highest BCUT2D eigenvalue weighted by Crippen LogP contribution is 2.31. The van der Waals surface area contributed by atoms with E-state index in [0.29, 0.717) is 10.7 Å². The Hall–Kier alpha value is -1.11. The number of carbonyl (C=O) groups is 1. The second-order valence-corrected chi connectivity index (χ2v) is 7.06. The number of amides is 1. The third-order valence-corrected chi connectivity index (χ3v) is 4.97. The summed E-state index contributed by atoms with van der Waals surface area (Å²) in [5.41, 5.74) is 2.37. The number of primary sulfonamides is 1. The molecule has 0 aliphatic carbocycles. The van der Waals surface area contributed by atoms with Gasteiger partial charge in [0.1, 0.15) is 5.25 Å². The summed E-state index contributed by atoms with van der Waals surface area (Å²) in [6.45, 7) is 3.76. The molecule has 2 rings (SSSR count). The van der Waals surface area contributed by atoms with Crippen LogP contribution < -0.4 is 10.0 Å². The SMILES string of the molecule is Cc1cc(N2CC(S(N)(=O)=O)CC2=O)c(C)cc1Cl. The lowest BCUT2D eigenvalue weighted by Crippen LogP contribution is -2.32. The third-order valence-electron chi connectivity index (χ3n) is 3.32. The molecule has 7 heteroatoms. The molecule has 0 radical (unpaired) electrons. The Morgan fingerprint density at radius 3 is 2.47 bits per heavy atom. The zero-order valence-electron chi connectivity index (χ0n) is 10.7. The number of nitrogens with zero attached hydrogens (tertiary/aromatic N) is 1. The molecule has 1 atom stereocenters. The van der Waals surface area contributed by atoms with E-state index in [4.69, 9.17) is 16.7 Å². The van der Waals surface area contributed by atoms with Crippen LogP contribution in [0, 0.1) is 13.8 Å². The molecule has 1 aliphatic rings. The molecule has 0 aromatic heterocycles. The molecule has 0 saturated carbocycles. The van der Waals surface area contributed by atoms with E-state index < -0.39 is 15.3 Å². The molecule has 1 aromatic carbocycles. The highest BCUT2D eigenvalue weighted by atomic mass is 35.5. The first kappa shape index (κ1) is 14.3. The number of hydrogen-bond donors (Lipinski definition) is 1. The molecule has 0 spiro atoms. The average Bonchev–Trinajstić information content (AvgIpc) is 2.65. The van der Waals surface area contributed by atoms with Crippen molar-refractivity contribution < 1.29 is 13.2 Å². The Labute approximate surface area is 117 Å². The maximum absolute atomic E-state index is 12.0. The molecule has 19 heavy (non-hydrogen) atoms.